The van der Waals surface area contributed by atoms with E-state index in [0.717, 1.165) is 0 Å². The van der Waals surface area contributed by atoms with Crippen molar-refractivity contribution >= 4 is 3.37 Å². The summed E-state index contributed by atoms with van der Waals surface area (Å²) in [5, 5.41) is 0. The van der Waals surface area contributed by atoms with Gasteiger partial charge in [-0.15, -0.1) is 0 Å². The molecule has 0 saturated carbocycles. The van der Waals surface area contributed by atoms with Gasteiger partial charge in [-0.1, -0.05) is 0 Å². The fourth-order valence-electron chi connectivity index (χ4n) is 1.14. The summed E-state index contributed by atoms with van der Waals surface area (Å²) >= 11 is 1.20. The Morgan fingerprint density at radius 3 is 1.40 bits per heavy atom. The maximum absolute atomic E-state index is 2.39. The predicted octanol–water partition coefficient (Wildman–Crippen LogP) is 3.51. The molecule has 0 saturated heterocycles. The second-order valence-electron chi connectivity index (χ2n) is 2.36. The molecule has 0 rings (SSSR count). The van der Waals surface area contributed by atoms with E-state index in [-0.39, 0.29) is 0 Å². The van der Waals surface area contributed by atoms with Crippen LogP contribution in [0.4, 0.5) is 0 Å². The molecule has 0 aromatic rings. The standard InChI is InChI=1S/C6H15Si.C2H5.Lu/c1-4-7(5-2)6-3;1-2;/h4-6H2,1-3H3;1H2,2H3;. The van der Waals surface area contributed by atoms with E-state index in [1.165, 1.54) is 52.8 Å². The van der Waals surface area contributed by atoms with Crippen molar-refractivity contribution in [2.75, 3.05) is 0 Å². The van der Waals surface area contributed by atoms with Gasteiger partial charge in [0.15, 0.2) is 0 Å². The SMILES string of the molecule is C[CH2][Lu][Si](CC)(CC)CC. The molecule has 0 aromatic heterocycles. The van der Waals surface area contributed by atoms with Gasteiger partial charge in [0, 0.05) is 0 Å². The van der Waals surface area contributed by atoms with E-state index >= 15 is 0 Å². The summed E-state index contributed by atoms with van der Waals surface area (Å²) in [7, 11) is 0. The van der Waals surface area contributed by atoms with E-state index in [9.17, 15) is 0 Å². The van der Waals surface area contributed by atoms with Gasteiger partial charge in [-0.3, -0.25) is 0 Å². The van der Waals surface area contributed by atoms with Crippen LogP contribution in [0.5, 0.6) is 0 Å². The molecule has 0 radical (unpaired) electrons. The van der Waals surface area contributed by atoms with E-state index in [1.807, 2.05) is 0 Å². The molecule has 0 bridgehead atoms. The molecule has 0 heterocycles. The van der Waals surface area contributed by atoms with E-state index in [4.69, 9.17) is 0 Å². The average Bonchev–Trinajstić information content (AvgIpc) is 2.01. The van der Waals surface area contributed by atoms with Crippen molar-refractivity contribution < 1.29 is 32.0 Å². The average molecular weight is 319 g/mol. The number of rotatable bonds is 5. The normalized spacial score (nSPS) is 12.4. The van der Waals surface area contributed by atoms with Crippen molar-refractivity contribution in [3.05, 3.63) is 0 Å². The van der Waals surface area contributed by atoms with Crippen molar-refractivity contribution in [2.45, 2.75) is 48.5 Å². The van der Waals surface area contributed by atoms with Crippen molar-refractivity contribution in [1.82, 2.24) is 0 Å². The van der Waals surface area contributed by atoms with E-state index in [0.29, 0.717) is 0 Å². The Morgan fingerprint density at radius 1 is 0.900 bits per heavy atom. The summed E-state index contributed by atoms with van der Waals surface area (Å²) in [5.74, 6) is 0. The molecule has 2 heteroatoms. The summed E-state index contributed by atoms with van der Waals surface area (Å²) < 4.78 is 0.770. The fraction of sp³-hybridized carbons (Fsp3) is 1.00. The first-order chi connectivity index (χ1) is 4.74. The van der Waals surface area contributed by atoms with Crippen molar-refractivity contribution in [3.63, 3.8) is 0 Å². The van der Waals surface area contributed by atoms with E-state index in [2.05, 4.69) is 27.7 Å². The zero-order valence-electron chi connectivity index (χ0n) is 7.59. The topological polar surface area (TPSA) is 0 Å². The Hall–Kier alpha value is 1.45. The zero-order chi connectivity index (χ0) is 8.04. The number of hydrogen-bond acceptors (Lipinski definition) is 0. The fourth-order valence-corrected chi connectivity index (χ4v) is 10.9. The molecular weight excluding hydrogens is 299 g/mol. The Bertz CT molecular complexity index is 71.1. The van der Waals surface area contributed by atoms with Crippen LogP contribution < -0.4 is 0 Å². The van der Waals surface area contributed by atoms with Gasteiger partial charge in [0.25, 0.3) is 0 Å². The van der Waals surface area contributed by atoms with E-state index in [1.54, 1.807) is 0 Å². The van der Waals surface area contributed by atoms with Gasteiger partial charge < -0.3 is 0 Å². The third-order valence-electron chi connectivity index (χ3n) is 2.06. The molecule has 0 spiro atoms. The molecule has 0 N–H and O–H groups in total. The monoisotopic (exact) mass is 319 g/mol. The van der Waals surface area contributed by atoms with Gasteiger partial charge in [0.05, 0.1) is 0 Å². The molecule has 0 amide bonds. The molecule has 0 unspecified atom stereocenters. The van der Waals surface area contributed by atoms with Gasteiger partial charge in [0.2, 0.25) is 0 Å². The van der Waals surface area contributed by atoms with E-state index < -0.39 is 3.37 Å². The molecule has 10 heavy (non-hydrogen) atoms. The molecule has 0 atom stereocenters. The van der Waals surface area contributed by atoms with Crippen LogP contribution in [0.3, 0.4) is 0 Å². The van der Waals surface area contributed by atoms with Crippen LogP contribution in [0.2, 0.25) is 20.8 Å². The molecule has 0 aliphatic rings. The van der Waals surface area contributed by atoms with Crippen LogP contribution in [0.1, 0.15) is 27.7 Å². The first-order valence-corrected chi connectivity index (χ1v) is 10.2. The zero-order valence-corrected chi connectivity index (χ0v) is 10.2. The van der Waals surface area contributed by atoms with Crippen LogP contribution in [0, 0.1) is 32.0 Å². The predicted molar refractivity (Wildman–Crippen MR) is 47.7 cm³/mol. The van der Waals surface area contributed by atoms with Gasteiger partial charge >= 0.3 is 83.8 Å². The molecule has 0 aliphatic heterocycles. The summed E-state index contributed by atoms with van der Waals surface area (Å²) in [5.41, 5.74) is 0. The van der Waals surface area contributed by atoms with Crippen LogP contribution in [-0.4, -0.2) is 3.37 Å². The first kappa shape index (κ1) is 11.5. The van der Waals surface area contributed by atoms with Crippen LogP contribution >= 0.6 is 0 Å². The van der Waals surface area contributed by atoms with Crippen LogP contribution in [0.15, 0.2) is 0 Å². The molecule has 0 aliphatic carbocycles. The minimum atomic E-state index is -0.676. The van der Waals surface area contributed by atoms with Crippen molar-refractivity contribution in [2.24, 2.45) is 0 Å². The molecule has 0 fully saturated rings. The van der Waals surface area contributed by atoms with Gasteiger partial charge in [-0.25, -0.2) is 0 Å². The van der Waals surface area contributed by atoms with Gasteiger partial charge in [0.1, 0.15) is 0 Å². The van der Waals surface area contributed by atoms with Crippen LogP contribution in [0.25, 0.3) is 0 Å². The molecule has 0 aromatic carbocycles. The van der Waals surface area contributed by atoms with Gasteiger partial charge in [-0.05, 0) is 0 Å². The molecule has 71 valence electrons. The van der Waals surface area contributed by atoms with Gasteiger partial charge in [-0.2, -0.15) is 0 Å². The second-order valence-corrected chi connectivity index (χ2v) is 14.9. The maximum atomic E-state index is 2.39. The summed E-state index contributed by atoms with van der Waals surface area (Å²) in [4.78, 5) is 0. The summed E-state index contributed by atoms with van der Waals surface area (Å²) in [6.45, 7) is 9.52. The Kier molecular flexibility index (Phi) is 6.89. The minimum absolute atomic E-state index is 0.676. The molecular formula is C8H20LuSi. The first-order valence-electron chi connectivity index (χ1n) is 4.20. The van der Waals surface area contributed by atoms with Crippen molar-refractivity contribution in [3.8, 4) is 0 Å². The third-order valence-corrected chi connectivity index (χ3v) is 16.9. The third kappa shape index (κ3) is 3.23. The van der Waals surface area contributed by atoms with Crippen LogP contribution in [-0.2, 0) is 0 Å². The summed E-state index contributed by atoms with van der Waals surface area (Å²) in [6.07, 6.45) is 0. The quantitative estimate of drug-likeness (QED) is 0.680. The summed E-state index contributed by atoms with van der Waals surface area (Å²) in [6, 6.07) is 4.54. The Morgan fingerprint density at radius 2 is 1.30 bits per heavy atom. The molecule has 0 nitrogen and oxygen atoms in total. The Labute approximate surface area is 83.0 Å². The van der Waals surface area contributed by atoms with Crippen molar-refractivity contribution in [1.29, 1.82) is 0 Å². The number of hydrogen-bond donors (Lipinski definition) is 0. The Balaban J connectivity index is 3.87. The second kappa shape index (κ2) is 6.02.